The quantitative estimate of drug-likeness (QED) is 0.877. The third-order valence-corrected chi connectivity index (χ3v) is 4.96. The molecule has 1 aromatic rings. The van der Waals surface area contributed by atoms with E-state index in [2.05, 4.69) is 4.72 Å². The van der Waals surface area contributed by atoms with Crippen molar-refractivity contribution in [1.29, 1.82) is 0 Å². The monoisotopic (exact) mass is 298 g/mol. The Bertz CT molecular complexity index is 578. The summed E-state index contributed by atoms with van der Waals surface area (Å²) in [5, 5.41) is 10.1. The Hall–Kier alpha value is -1.11. The van der Waals surface area contributed by atoms with Crippen LogP contribution in [0.15, 0.2) is 24.3 Å². The Labute approximate surface area is 120 Å². The van der Waals surface area contributed by atoms with Gasteiger partial charge in [-0.3, -0.25) is 4.31 Å². The topological polar surface area (TPSA) is 69.6 Å². The summed E-state index contributed by atoms with van der Waals surface area (Å²) in [5.74, 6) is 0. The van der Waals surface area contributed by atoms with E-state index in [0.29, 0.717) is 30.6 Å². The second kappa shape index (κ2) is 5.35. The van der Waals surface area contributed by atoms with Crippen LogP contribution in [0.3, 0.4) is 0 Å². The zero-order chi connectivity index (χ0) is 15.0. The highest BCUT2D eigenvalue weighted by atomic mass is 32.2. The normalized spacial score (nSPS) is 20.4. The van der Waals surface area contributed by atoms with Crippen molar-refractivity contribution in [2.75, 3.05) is 10.8 Å². The van der Waals surface area contributed by atoms with Gasteiger partial charge < -0.3 is 5.11 Å². The lowest BCUT2D eigenvalue weighted by Crippen LogP contribution is -2.49. The number of nitrogens with zero attached hydrogens (tertiary/aromatic N) is 1. The van der Waals surface area contributed by atoms with Gasteiger partial charge in [-0.25, -0.2) is 0 Å². The van der Waals surface area contributed by atoms with E-state index in [1.807, 2.05) is 26.8 Å². The number of anilines is 1. The van der Waals surface area contributed by atoms with Crippen LogP contribution >= 0.6 is 0 Å². The van der Waals surface area contributed by atoms with Gasteiger partial charge in [-0.15, -0.1) is 0 Å². The Morgan fingerprint density at radius 1 is 1.30 bits per heavy atom. The second-order valence-corrected chi connectivity index (χ2v) is 7.74. The highest BCUT2D eigenvalue weighted by Gasteiger charge is 2.31. The van der Waals surface area contributed by atoms with Crippen molar-refractivity contribution in [1.82, 2.24) is 4.72 Å². The number of aliphatic hydroxyl groups is 1. The number of benzene rings is 1. The first-order valence-electron chi connectivity index (χ1n) is 6.79. The van der Waals surface area contributed by atoms with E-state index in [4.69, 9.17) is 0 Å². The largest absolute Gasteiger partial charge is 0.388 e. The lowest BCUT2D eigenvalue weighted by atomic mass is 10.1. The van der Waals surface area contributed by atoms with Crippen LogP contribution in [-0.2, 0) is 10.2 Å². The number of hydrogen-bond acceptors (Lipinski definition) is 3. The summed E-state index contributed by atoms with van der Waals surface area (Å²) in [6.45, 7) is 5.80. The summed E-state index contributed by atoms with van der Waals surface area (Å²) in [5.41, 5.74) is 0.692. The fourth-order valence-corrected chi connectivity index (χ4v) is 4.07. The average Bonchev–Trinajstić information content (AvgIpc) is 2.47. The van der Waals surface area contributed by atoms with Crippen molar-refractivity contribution in [2.24, 2.45) is 0 Å². The van der Waals surface area contributed by atoms with Crippen LogP contribution < -0.4 is 9.03 Å². The SMILES string of the molecule is CC(C)(C)NS(=O)(=O)N1CCCC(O)c2ccccc21. The molecule has 1 aliphatic heterocycles. The Morgan fingerprint density at radius 2 is 1.95 bits per heavy atom. The summed E-state index contributed by atoms with van der Waals surface area (Å²) < 4.78 is 29.1. The number of fused-ring (bicyclic) bond motifs is 1. The lowest BCUT2D eigenvalue weighted by molar-refractivity contribution is 0.168. The fraction of sp³-hybridized carbons (Fsp3) is 0.571. The van der Waals surface area contributed by atoms with Gasteiger partial charge in [0.05, 0.1) is 11.8 Å². The summed E-state index contributed by atoms with van der Waals surface area (Å²) in [6, 6.07) is 7.13. The maximum atomic E-state index is 12.6. The Kier molecular flexibility index (Phi) is 4.09. The first kappa shape index (κ1) is 15.3. The Morgan fingerprint density at radius 3 is 2.60 bits per heavy atom. The predicted octanol–water partition coefficient (Wildman–Crippen LogP) is 1.95. The van der Waals surface area contributed by atoms with E-state index in [1.54, 1.807) is 18.2 Å². The van der Waals surface area contributed by atoms with Gasteiger partial charge in [-0.1, -0.05) is 18.2 Å². The molecule has 1 unspecified atom stereocenters. The van der Waals surface area contributed by atoms with E-state index in [-0.39, 0.29) is 0 Å². The van der Waals surface area contributed by atoms with Crippen molar-refractivity contribution in [2.45, 2.75) is 45.3 Å². The van der Waals surface area contributed by atoms with Gasteiger partial charge in [0.2, 0.25) is 0 Å². The van der Waals surface area contributed by atoms with Crippen molar-refractivity contribution < 1.29 is 13.5 Å². The minimum atomic E-state index is -3.63. The molecule has 1 atom stereocenters. The van der Waals surface area contributed by atoms with Gasteiger partial charge in [0, 0.05) is 17.6 Å². The summed E-state index contributed by atoms with van der Waals surface area (Å²) >= 11 is 0. The van der Waals surface area contributed by atoms with Crippen LogP contribution in [0, 0.1) is 0 Å². The fourth-order valence-electron chi connectivity index (χ4n) is 2.39. The molecule has 1 aromatic carbocycles. The highest BCUT2D eigenvalue weighted by molar-refractivity contribution is 7.90. The van der Waals surface area contributed by atoms with Crippen LogP contribution in [0.2, 0.25) is 0 Å². The van der Waals surface area contributed by atoms with Crippen LogP contribution in [-0.4, -0.2) is 25.6 Å². The van der Waals surface area contributed by atoms with E-state index in [0.717, 1.165) is 0 Å². The molecule has 5 nitrogen and oxygen atoms in total. The van der Waals surface area contributed by atoms with Gasteiger partial charge in [-0.05, 0) is 39.7 Å². The minimum absolute atomic E-state index is 0.374. The maximum absolute atomic E-state index is 12.6. The van der Waals surface area contributed by atoms with Crippen LogP contribution in [0.1, 0.15) is 45.3 Å². The first-order chi connectivity index (χ1) is 9.21. The molecule has 0 bridgehead atoms. The molecular weight excluding hydrogens is 276 g/mol. The molecule has 0 fully saturated rings. The first-order valence-corrected chi connectivity index (χ1v) is 8.23. The molecule has 0 saturated carbocycles. The summed E-state index contributed by atoms with van der Waals surface area (Å²) in [7, 11) is -3.63. The third-order valence-electron chi connectivity index (χ3n) is 3.13. The molecule has 0 spiro atoms. The number of aliphatic hydroxyl groups excluding tert-OH is 1. The number of hydrogen-bond donors (Lipinski definition) is 2. The maximum Gasteiger partial charge on any atom is 0.302 e. The van der Waals surface area contributed by atoms with E-state index in [9.17, 15) is 13.5 Å². The van der Waals surface area contributed by atoms with Crippen LogP contribution in [0.25, 0.3) is 0 Å². The molecule has 112 valence electrons. The third kappa shape index (κ3) is 3.31. The zero-order valence-corrected chi connectivity index (χ0v) is 12.9. The van der Waals surface area contributed by atoms with Crippen LogP contribution in [0.4, 0.5) is 5.69 Å². The molecule has 1 heterocycles. The zero-order valence-electron chi connectivity index (χ0n) is 12.1. The van der Waals surface area contributed by atoms with Crippen LogP contribution in [0.5, 0.6) is 0 Å². The molecule has 2 N–H and O–H groups in total. The highest BCUT2D eigenvalue weighted by Crippen LogP contribution is 2.34. The Balaban J connectivity index is 2.44. The van der Waals surface area contributed by atoms with Crippen molar-refractivity contribution in [3.05, 3.63) is 29.8 Å². The smallest absolute Gasteiger partial charge is 0.302 e. The second-order valence-electron chi connectivity index (χ2n) is 6.15. The molecule has 0 amide bonds. The molecule has 20 heavy (non-hydrogen) atoms. The lowest BCUT2D eigenvalue weighted by Gasteiger charge is -2.29. The number of nitrogens with one attached hydrogen (secondary N) is 1. The minimum Gasteiger partial charge on any atom is -0.388 e. The van der Waals surface area contributed by atoms with Crippen molar-refractivity contribution in [3.63, 3.8) is 0 Å². The van der Waals surface area contributed by atoms with Gasteiger partial charge in [0.15, 0.2) is 0 Å². The molecule has 0 aliphatic carbocycles. The average molecular weight is 298 g/mol. The standard InChI is InChI=1S/C14H22N2O3S/c1-14(2,3)15-20(18,19)16-10-6-9-13(17)11-7-4-5-8-12(11)16/h4-5,7-8,13,15,17H,6,9-10H2,1-3H3. The van der Waals surface area contributed by atoms with E-state index >= 15 is 0 Å². The molecular formula is C14H22N2O3S. The van der Waals surface area contributed by atoms with Gasteiger partial charge in [-0.2, -0.15) is 13.1 Å². The predicted molar refractivity (Wildman–Crippen MR) is 79.8 cm³/mol. The molecule has 0 radical (unpaired) electrons. The molecule has 6 heteroatoms. The van der Waals surface area contributed by atoms with Crippen molar-refractivity contribution in [3.8, 4) is 0 Å². The molecule has 0 aromatic heterocycles. The van der Waals surface area contributed by atoms with E-state index in [1.165, 1.54) is 4.31 Å². The summed E-state index contributed by atoms with van der Waals surface area (Å²) in [6.07, 6.45) is 0.584. The van der Waals surface area contributed by atoms with Crippen molar-refractivity contribution >= 4 is 15.9 Å². The summed E-state index contributed by atoms with van der Waals surface area (Å²) in [4.78, 5) is 0. The van der Waals surface area contributed by atoms with Gasteiger partial charge in [0.1, 0.15) is 0 Å². The number of rotatable bonds is 2. The van der Waals surface area contributed by atoms with E-state index < -0.39 is 21.9 Å². The number of para-hydroxylation sites is 1. The molecule has 2 rings (SSSR count). The molecule has 0 saturated heterocycles. The van der Waals surface area contributed by atoms with Gasteiger partial charge >= 0.3 is 10.2 Å². The molecule has 1 aliphatic rings. The van der Waals surface area contributed by atoms with Gasteiger partial charge in [0.25, 0.3) is 0 Å².